The van der Waals surface area contributed by atoms with Crippen LogP contribution in [0.25, 0.3) is 16.9 Å². The molecule has 4 rings (SSSR count). The highest BCUT2D eigenvalue weighted by molar-refractivity contribution is 5.95. The van der Waals surface area contributed by atoms with Crippen LogP contribution >= 0.6 is 0 Å². The van der Waals surface area contributed by atoms with Crippen molar-refractivity contribution in [2.24, 2.45) is 5.10 Å². The van der Waals surface area contributed by atoms with Crippen LogP contribution in [-0.4, -0.2) is 29.9 Å². The predicted octanol–water partition coefficient (Wildman–Crippen LogP) is 5.52. The summed E-state index contributed by atoms with van der Waals surface area (Å²) in [5.74, 6) is 0.672. The van der Waals surface area contributed by atoms with E-state index in [-0.39, 0.29) is 12.5 Å². The van der Waals surface area contributed by atoms with E-state index in [0.717, 1.165) is 28.2 Å². The van der Waals surface area contributed by atoms with Gasteiger partial charge < -0.3 is 14.0 Å². The van der Waals surface area contributed by atoms with Gasteiger partial charge in [0.2, 0.25) is 0 Å². The molecule has 36 heavy (non-hydrogen) atoms. The smallest absolute Gasteiger partial charge is 0.271 e. The average molecular weight is 479 g/mol. The second-order valence-corrected chi connectivity index (χ2v) is 7.89. The number of hydrazone groups is 1. The zero-order valence-electron chi connectivity index (χ0n) is 20.1. The molecule has 0 unspecified atom stereocenters. The zero-order valence-corrected chi connectivity index (χ0v) is 20.1. The van der Waals surface area contributed by atoms with Gasteiger partial charge in [-0.25, -0.2) is 5.43 Å². The lowest BCUT2D eigenvalue weighted by atomic mass is 10.1. The van der Waals surface area contributed by atoms with Gasteiger partial charge >= 0.3 is 0 Å². The molecular formula is C29H26N4O3. The summed E-state index contributed by atoms with van der Waals surface area (Å²) in [5, 5.41) is 12.8. The number of carbonyl (C=O) groups excluding carboxylic acids is 1. The van der Waals surface area contributed by atoms with E-state index in [1.807, 2.05) is 43.3 Å². The number of ether oxygens (including phenoxy) is 2. The van der Waals surface area contributed by atoms with Crippen molar-refractivity contribution in [3.05, 3.63) is 102 Å². The highest BCUT2D eigenvalue weighted by Crippen LogP contribution is 2.28. The van der Waals surface area contributed by atoms with Crippen molar-refractivity contribution in [3.8, 4) is 34.5 Å². The molecule has 0 radical (unpaired) electrons. The second kappa shape index (κ2) is 11.5. The fourth-order valence-electron chi connectivity index (χ4n) is 3.81. The van der Waals surface area contributed by atoms with E-state index in [1.165, 1.54) is 6.21 Å². The number of nitrogens with zero attached hydrogens (tertiary/aromatic N) is 3. The third-order valence-corrected chi connectivity index (χ3v) is 5.47. The first-order valence-electron chi connectivity index (χ1n) is 11.5. The first-order chi connectivity index (χ1) is 17.6. The summed E-state index contributed by atoms with van der Waals surface area (Å²) < 4.78 is 13.1. The van der Waals surface area contributed by atoms with Crippen LogP contribution in [-0.2, 0) is 0 Å². The van der Waals surface area contributed by atoms with Gasteiger partial charge in [-0.15, -0.1) is 0 Å². The van der Waals surface area contributed by atoms with Crippen molar-refractivity contribution < 1.29 is 14.3 Å². The van der Waals surface area contributed by atoms with Crippen LogP contribution in [0.1, 0.15) is 28.5 Å². The minimum Gasteiger partial charge on any atom is -0.490 e. The Balaban J connectivity index is 1.45. The number of aromatic nitrogens is 1. The van der Waals surface area contributed by atoms with E-state index in [9.17, 15) is 4.79 Å². The molecule has 7 heteroatoms. The largest absolute Gasteiger partial charge is 0.490 e. The number of nitrogens with one attached hydrogen (secondary N) is 1. The van der Waals surface area contributed by atoms with Gasteiger partial charge in [0.15, 0.2) is 18.1 Å². The molecule has 0 atom stereocenters. The summed E-state index contributed by atoms with van der Waals surface area (Å²) in [4.78, 5) is 12.6. The summed E-state index contributed by atoms with van der Waals surface area (Å²) in [7, 11) is 0. The second-order valence-electron chi connectivity index (χ2n) is 7.89. The summed E-state index contributed by atoms with van der Waals surface area (Å²) in [5.41, 5.74) is 8.06. The molecule has 1 N–H and O–H groups in total. The Morgan fingerprint density at radius 2 is 1.78 bits per heavy atom. The summed E-state index contributed by atoms with van der Waals surface area (Å²) in [6.45, 7) is 4.30. The molecule has 1 heterocycles. The van der Waals surface area contributed by atoms with E-state index >= 15 is 0 Å². The van der Waals surface area contributed by atoms with Gasteiger partial charge in [0.25, 0.3) is 5.91 Å². The summed E-state index contributed by atoms with van der Waals surface area (Å²) in [6.07, 6.45) is 1.53. The molecule has 4 aromatic rings. The number of amides is 1. The Labute approximate surface area is 210 Å². The van der Waals surface area contributed by atoms with E-state index in [0.29, 0.717) is 23.7 Å². The first kappa shape index (κ1) is 24.3. The van der Waals surface area contributed by atoms with E-state index in [2.05, 4.69) is 46.3 Å². The van der Waals surface area contributed by atoms with E-state index in [4.69, 9.17) is 14.7 Å². The van der Waals surface area contributed by atoms with E-state index in [1.54, 1.807) is 30.3 Å². The molecule has 0 aliphatic rings. The van der Waals surface area contributed by atoms with Crippen molar-refractivity contribution in [2.75, 3.05) is 13.2 Å². The lowest BCUT2D eigenvalue weighted by molar-refractivity contribution is 0.0955. The highest BCUT2D eigenvalue weighted by Gasteiger charge is 2.11. The quantitative estimate of drug-likeness (QED) is 0.253. The molecule has 0 fully saturated rings. The van der Waals surface area contributed by atoms with Crippen LogP contribution in [0, 0.1) is 18.3 Å². The van der Waals surface area contributed by atoms with Gasteiger partial charge in [0, 0.05) is 16.9 Å². The van der Waals surface area contributed by atoms with Gasteiger partial charge in [-0.1, -0.05) is 30.3 Å². The van der Waals surface area contributed by atoms with Crippen molar-refractivity contribution >= 4 is 12.1 Å². The molecule has 180 valence electrons. The molecule has 0 spiro atoms. The molecular weight excluding hydrogens is 452 g/mol. The van der Waals surface area contributed by atoms with Crippen LogP contribution in [0.5, 0.6) is 11.5 Å². The van der Waals surface area contributed by atoms with Crippen molar-refractivity contribution in [2.45, 2.75) is 13.8 Å². The minimum absolute atomic E-state index is 0.0696. The van der Waals surface area contributed by atoms with Crippen LogP contribution < -0.4 is 14.9 Å². The van der Waals surface area contributed by atoms with Gasteiger partial charge in [-0.2, -0.15) is 10.4 Å². The van der Waals surface area contributed by atoms with Gasteiger partial charge in [-0.3, -0.25) is 4.79 Å². The normalized spacial score (nSPS) is 10.7. The summed E-state index contributed by atoms with van der Waals surface area (Å²) >= 11 is 0. The number of benzene rings is 3. The standard InChI is InChI=1S/C29H26N4O3/c1-3-35-28-19-22(10-16-27(28)36-18-17-30)20-31-32-29(34)24-11-13-25(14-12-24)33-21(2)9-15-26(33)23-7-5-4-6-8-23/h4-16,19-20H,3,18H2,1-2H3,(H,32,34)/b31-20+. The number of hydrogen-bond acceptors (Lipinski definition) is 5. The maximum atomic E-state index is 12.6. The molecule has 0 aliphatic heterocycles. The van der Waals surface area contributed by atoms with Crippen LogP contribution in [0.2, 0.25) is 0 Å². The molecule has 0 saturated carbocycles. The molecule has 0 bridgehead atoms. The van der Waals surface area contributed by atoms with Crippen LogP contribution in [0.4, 0.5) is 0 Å². The van der Waals surface area contributed by atoms with Gasteiger partial charge in [0.1, 0.15) is 6.07 Å². The van der Waals surface area contributed by atoms with Gasteiger partial charge in [-0.05, 0) is 79.6 Å². The lowest BCUT2D eigenvalue weighted by Gasteiger charge is -2.12. The third kappa shape index (κ3) is 5.62. The maximum Gasteiger partial charge on any atom is 0.271 e. The van der Waals surface area contributed by atoms with Crippen molar-refractivity contribution in [1.82, 2.24) is 9.99 Å². The summed E-state index contributed by atoms with van der Waals surface area (Å²) in [6, 6.07) is 28.9. The number of aryl methyl sites for hydroxylation is 1. The molecule has 7 nitrogen and oxygen atoms in total. The maximum absolute atomic E-state index is 12.6. The predicted molar refractivity (Wildman–Crippen MR) is 140 cm³/mol. The van der Waals surface area contributed by atoms with Crippen molar-refractivity contribution in [1.29, 1.82) is 5.26 Å². The Morgan fingerprint density at radius 1 is 1.00 bits per heavy atom. The van der Waals surface area contributed by atoms with E-state index < -0.39 is 0 Å². The number of hydrogen-bond donors (Lipinski definition) is 1. The fourth-order valence-corrected chi connectivity index (χ4v) is 3.81. The topological polar surface area (TPSA) is 88.6 Å². The Hall–Kier alpha value is -4.83. The Morgan fingerprint density at radius 3 is 2.50 bits per heavy atom. The zero-order chi connectivity index (χ0) is 25.3. The van der Waals surface area contributed by atoms with Crippen LogP contribution in [0.15, 0.2) is 90.0 Å². The molecule has 0 saturated heterocycles. The fraction of sp³-hybridized carbons (Fsp3) is 0.138. The number of rotatable bonds is 9. The monoisotopic (exact) mass is 478 g/mol. The third-order valence-electron chi connectivity index (χ3n) is 5.47. The number of carbonyl (C=O) groups is 1. The van der Waals surface area contributed by atoms with Crippen molar-refractivity contribution in [3.63, 3.8) is 0 Å². The molecule has 1 aromatic heterocycles. The van der Waals surface area contributed by atoms with Gasteiger partial charge in [0.05, 0.1) is 18.5 Å². The number of nitriles is 1. The highest BCUT2D eigenvalue weighted by atomic mass is 16.5. The Bertz CT molecular complexity index is 1400. The average Bonchev–Trinajstić information content (AvgIpc) is 3.30. The molecule has 1 amide bonds. The Kier molecular flexibility index (Phi) is 7.79. The molecule has 3 aromatic carbocycles. The lowest BCUT2D eigenvalue weighted by Crippen LogP contribution is -2.17. The SMILES string of the molecule is CCOc1cc(/C=N/NC(=O)c2ccc(-n3c(C)ccc3-c3ccccc3)cc2)ccc1OCC#N. The minimum atomic E-state index is -0.315. The van der Waals surface area contributed by atoms with Crippen LogP contribution in [0.3, 0.4) is 0 Å². The first-order valence-corrected chi connectivity index (χ1v) is 11.5. The molecule has 0 aliphatic carbocycles.